The summed E-state index contributed by atoms with van der Waals surface area (Å²) in [7, 11) is 0. The maximum atomic E-state index is 6.48. The molecule has 0 saturated carbocycles. The van der Waals surface area contributed by atoms with E-state index < -0.39 is 0 Å². The third-order valence-electron chi connectivity index (χ3n) is 4.03. The van der Waals surface area contributed by atoms with Gasteiger partial charge in [0.15, 0.2) is 0 Å². The van der Waals surface area contributed by atoms with Gasteiger partial charge in [-0.2, -0.15) is 0 Å². The van der Waals surface area contributed by atoms with E-state index in [4.69, 9.17) is 5.73 Å². The fourth-order valence-electron chi connectivity index (χ4n) is 3.07. The highest BCUT2D eigenvalue weighted by molar-refractivity contribution is 5.36. The average Bonchev–Trinajstić information content (AvgIpc) is 2.47. The topological polar surface area (TPSA) is 26.0 Å². The SMILES string of the molecule is N[C@H](c1ccccc1)[C@@H]1CCCc2ccccc21. The van der Waals surface area contributed by atoms with Crippen molar-refractivity contribution in [2.24, 2.45) is 5.73 Å². The summed E-state index contributed by atoms with van der Waals surface area (Å²) in [4.78, 5) is 0. The van der Waals surface area contributed by atoms with Crippen LogP contribution in [0.4, 0.5) is 0 Å². The van der Waals surface area contributed by atoms with E-state index in [1.807, 2.05) is 6.07 Å². The van der Waals surface area contributed by atoms with Crippen LogP contribution in [0.2, 0.25) is 0 Å². The fourth-order valence-corrected chi connectivity index (χ4v) is 3.07. The number of fused-ring (bicyclic) bond motifs is 1. The molecule has 2 aromatic carbocycles. The number of hydrogen-bond acceptors (Lipinski definition) is 1. The highest BCUT2D eigenvalue weighted by Gasteiger charge is 2.25. The van der Waals surface area contributed by atoms with Gasteiger partial charge in [0, 0.05) is 12.0 Å². The zero-order chi connectivity index (χ0) is 12.4. The summed E-state index contributed by atoms with van der Waals surface area (Å²) in [6.45, 7) is 0. The summed E-state index contributed by atoms with van der Waals surface area (Å²) >= 11 is 0. The molecule has 92 valence electrons. The van der Waals surface area contributed by atoms with Gasteiger partial charge in [-0.1, -0.05) is 54.6 Å². The Kier molecular flexibility index (Phi) is 3.16. The zero-order valence-corrected chi connectivity index (χ0v) is 10.5. The highest BCUT2D eigenvalue weighted by Crippen LogP contribution is 2.38. The quantitative estimate of drug-likeness (QED) is 0.844. The lowest BCUT2D eigenvalue weighted by molar-refractivity contribution is 0.474. The van der Waals surface area contributed by atoms with Gasteiger partial charge in [-0.05, 0) is 36.0 Å². The lowest BCUT2D eigenvalue weighted by Crippen LogP contribution is -2.23. The summed E-state index contributed by atoms with van der Waals surface area (Å²) in [5, 5.41) is 0. The van der Waals surface area contributed by atoms with Crippen LogP contribution in [-0.4, -0.2) is 0 Å². The molecule has 18 heavy (non-hydrogen) atoms. The number of nitrogens with two attached hydrogens (primary N) is 1. The van der Waals surface area contributed by atoms with Crippen molar-refractivity contribution in [2.75, 3.05) is 0 Å². The Bertz CT molecular complexity index is 518. The average molecular weight is 237 g/mol. The molecule has 0 fully saturated rings. The normalized spacial score (nSPS) is 20.2. The molecule has 2 aromatic rings. The predicted molar refractivity (Wildman–Crippen MR) is 75.5 cm³/mol. The molecule has 0 spiro atoms. The molecule has 0 unspecified atom stereocenters. The molecule has 3 rings (SSSR count). The summed E-state index contributed by atoms with van der Waals surface area (Å²) in [5.41, 5.74) is 10.7. The van der Waals surface area contributed by atoms with Crippen LogP contribution < -0.4 is 5.73 Å². The number of aryl methyl sites for hydroxylation is 1. The van der Waals surface area contributed by atoms with Crippen molar-refractivity contribution in [3.63, 3.8) is 0 Å². The van der Waals surface area contributed by atoms with Gasteiger partial charge >= 0.3 is 0 Å². The number of benzene rings is 2. The molecule has 1 aliphatic rings. The monoisotopic (exact) mass is 237 g/mol. The van der Waals surface area contributed by atoms with E-state index in [2.05, 4.69) is 48.5 Å². The van der Waals surface area contributed by atoms with E-state index in [0.29, 0.717) is 5.92 Å². The summed E-state index contributed by atoms with van der Waals surface area (Å²) in [6.07, 6.45) is 3.66. The van der Waals surface area contributed by atoms with Crippen molar-refractivity contribution in [1.82, 2.24) is 0 Å². The molecule has 0 amide bonds. The van der Waals surface area contributed by atoms with Gasteiger partial charge in [-0.3, -0.25) is 0 Å². The van der Waals surface area contributed by atoms with Crippen LogP contribution in [0.25, 0.3) is 0 Å². The first-order chi connectivity index (χ1) is 8.86. The molecule has 0 saturated heterocycles. The van der Waals surface area contributed by atoms with Crippen LogP contribution in [-0.2, 0) is 6.42 Å². The van der Waals surface area contributed by atoms with Gasteiger partial charge in [-0.25, -0.2) is 0 Å². The minimum absolute atomic E-state index is 0.118. The van der Waals surface area contributed by atoms with Gasteiger partial charge in [0.1, 0.15) is 0 Å². The third kappa shape index (κ3) is 2.06. The molecule has 0 bridgehead atoms. The Balaban J connectivity index is 1.94. The van der Waals surface area contributed by atoms with Crippen LogP contribution in [0.15, 0.2) is 54.6 Å². The van der Waals surface area contributed by atoms with Crippen LogP contribution in [0, 0.1) is 0 Å². The molecular weight excluding hydrogens is 218 g/mol. The van der Waals surface area contributed by atoms with E-state index in [1.165, 1.54) is 36.0 Å². The van der Waals surface area contributed by atoms with Crippen LogP contribution in [0.5, 0.6) is 0 Å². The van der Waals surface area contributed by atoms with Crippen molar-refractivity contribution in [3.05, 3.63) is 71.3 Å². The van der Waals surface area contributed by atoms with Crippen molar-refractivity contribution in [2.45, 2.75) is 31.2 Å². The second-order valence-corrected chi connectivity index (χ2v) is 5.13. The molecule has 2 atom stereocenters. The first-order valence-corrected chi connectivity index (χ1v) is 6.74. The summed E-state index contributed by atoms with van der Waals surface area (Å²) in [5.74, 6) is 0.470. The molecular formula is C17H19N. The first-order valence-electron chi connectivity index (χ1n) is 6.74. The van der Waals surface area contributed by atoms with E-state index in [1.54, 1.807) is 0 Å². The van der Waals surface area contributed by atoms with Gasteiger partial charge in [0.25, 0.3) is 0 Å². The van der Waals surface area contributed by atoms with Crippen molar-refractivity contribution in [3.8, 4) is 0 Å². The fraction of sp³-hybridized carbons (Fsp3) is 0.294. The van der Waals surface area contributed by atoms with E-state index in [0.717, 1.165) is 0 Å². The van der Waals surface area contributed by atoms with E-state index in [-0.39, 0.29) is 6.04 Å². The Labute approximate surface area is 109 Å². The third-order valence-corrected chi connectivity index (χ3v) is 4.03. The standard InChI is InChI=1S/C17H19N/c18-17(14-8-2-1-3-9-14)16-12-6-10-13-7-4-5-11-15(13)16/h1-5,7-9,11,16-17H,6,10,12,18H2/t16-,17-/m1/s1. The number of hydrogen-bond donors (Lipinski definition) is 1. The Morgan fingerprint density at radius 3 is 2.50 bits per heavy atom. The molecule has 0 heterocycles. The Morgan fingerprint density at radius 2 is 1.67 bits per heavy atom. The van der Waals surface area contributed by atoms with E-state index in [9.17, 15) is 0 Å². The lowest BCUT2D eigenvalue weighted by atomic mass is 9.77. The molecule has 1 nitrogen and oxygen atoms in total. The van der Waals surface area contributed by atoms with Crippen molar-refractivity contribution < 1.29 is 0 Å². The minimum Gasteiger partial charge on any atom is -0.323 e. The Hall–Kier alpha value is -1.60. The van der Waals surface area contributed by atoms with E-state index >= 15 is 0 Å². The Morgan fingerprint density at radius 1 is 0.944 bits per heavy atom. The van der Waals surface area contributed by atoms with Crippen LogP contribution >= 0.6 is 0 Å². The molecule has 0 aliphatic heterocycles. The predicted octanol–water partition coefficient (Wildman–Crippen LogP) is 3.81. The maximum Gasteiger partial charge on any atom is 0.0364 e. The van der Waals surface area contributed by atoms with Gasteiger partial charge in [0.2, 0.25) is 0 Å². The van der Waals surface area contributed by atoms with Gasteiger partial charge < -0.3 is 5.73 Å². The van der Waals surface area contributed by atoms with Crippen molar-refractivity contribution >= 4 is 0 Å². The smallest absolute Gasteiger partial charge is 0.0364 e. The second kappa shape index (κ2) is 4.95. The molecule has 0 aromatic heterocycles. The molecule has 1 heteroatoms. The molecule has 1 aliphatic carbocycles. The largest absolute Gasteiger partial charge is 0.323 e. The lowest BCUT2D eigenvalue weighted by Gasteiger charge is -2.30. The van der Waals surface area contributed by atoms with Gasteiger partial charge in [-0.15, -0.1) is 0 Å². The summed E-state index contributed by atoms with van der Waals surface area (Å²) < 4.78 is 0. The second-order valence-electron chi connectivity index (χ2n) is 5.13. The van der Waals surface area contributed by atoms with Crippen LogP contribution in [0.3, 0.4) is 0 Å². The summed E-state index contributed by atoms with van der Waals surface area (Å²) in [6, 6.07) is 19.4. The maximum absolute atomic E-state index is 6.48. The molecule has 2 N–H and O–H groups in total. The highest BCUT2D eigenvalue weighted by atomic mass is 14.7. The van der Waals surface area contributed by atoms with Crippen LogP contribution in [0.1, 0.15) is 41.5 Å². The zero-order valence-electron chi connectivity index (χ0n) is 10.5. The number of rotatable bonds is 2. The molecule has 0 radical (unpaired) electrons. The minimum atomic E-state index is 0.118. The van der Waals surface area contributed by atoms with Gasteiger partial charge in [0.05, 0.1) is 0 Å². The van der Waals surface area contributed by atoms with Crippen molar-refractivity contribution in [1.29, 1.82) is 0 Å². The first kappa shape index (κ1) is 11.5.